The number of anilines is 1. The molecule has 0 saturated heterocycles. The smallest absolute Gasteiger partial charge is 0.416 e. The predicted octanol–water partition coefficient (Wildman–Crippen LogP) is 3.97. The molecule has 9 heteroatoms. The second kappa shape index (κ2) is 9.28. The van der Waals surface area contributed by atoms with Crippen LogP contribution in [0.5, 0.6) is 5.75 Å². The van der Waals surface area contributed by atoms with Gasteiger partial charge in [0.1, 0.15) is 5.75 Å². The maximum Gasteiger partial charge on any atom is 0.416 e. The molecule has 0 radical (unpaired) electrons. The van der Waals surface area contributed by atoms with E-state index in [1.54, 1.807) is 24.3 Å². The van der Waals surface area contributed by atoms with Crippen molar-refractivity contribution in [1.82, 2.24) is 0 Å². The van der Waals surface area contributed by atoms with Crippen molar-refractivity contribution in [1.29, 1.82) is 0 Å². The Kier molecular flexibility index (Phi) is 7.20. The van der Waals surface area contributed by atoms with Crippen molar-refractivity contribution in [3.63, 3.8) is 0 Å². The molecule has 0 aromatic heterocycles. The number of nitrogens with two attached hydrogens (primary N) is 1. The average molecular weight is 439 g/mol. The molecule has 0 amide bonds. The van der Waals surface area contributed by atoms with Gasteiger partial charge in [0.25, 0.3) is 0 Å². The van der Waals surface area contributed by atoms with E-state index in [2.05, 4.69) is 0 Å². The van der Waals surface area contributed by atoms with Crippen LogP contribution in [0.2, 0.25) is 0 Å². The Morgan fingerprint density at radius 3 is 1.97 bits per heavy atom. The molecule has 2 aromatic carbocycles. The lowest BCUT2D eigenvalue weighted by molar-refractivity contribution is -0.169. The zero-order valence-electron chi connectivity index (χ0n) is 17.6. The maximum atomic E-state index is 13.2. The first-order valence-electron chi connectivity index (χ1n) is 9.25. The number of alkyl halides is 3. The predicted molar refractivity (Wildman–Crippen MR) is 107 cm³/mol. The summed E-state index contributed by atoms with van der Waals surface area (Å²) in [6, 6.07) is 9.42. The van der Waals surface area contributed by atoms with Crippen molar-refractivity contribution in [3.8, 4) is 5.75 Å². The zero-order chi connectivity index (χ0) is 23.4. The van der Waals surface area contributed by atoms with Gasteiger partial charge in [-0.2, -0.15) is 13.2 Å². The molecule has 2 N–H and O–H groups in total. The second-order valence-electron chi connectivity index (χ2n) is 7.13. The molecule has 0 aliphatic carbocycles. The number of hydrogen-bond donors (Lipinski definition) is 1. The first-order chi connectivity index (χ1) is 14.5. The standard InChI is InChI=1S/C22H24F3NO5/c1-21(19(27)30-3,20(28)31-4)17(13-5-8-16(29-2)9-6-13)12-14-11-15(22(23,24)25)7-10-18(14)26/h5-11,17H,12,26H2,1-4H3. The van der Waals surface area contributed by atoms with E-state index in [0.29, 0.717) is 11.3 Å². The van der Waals surface area contributed by atoms with Gasteiger partial charge in [-0.1, -0.05) is 12.1 Å². The minimum absolute atomic E-state index is 0.101. The minimum atomic E-state index is -4.58. The Labute approximate surface area is 178 Å². The SMILES string of the molecule is COC(=O)C(C)(C(=O)OC)C(Cc1cc(C(F)(F)F)ccc1N)c1ccc(OC)cc1. The van der Waals surface area contributed by atoms with Crippen LogP contribution in [0.4, 0.5) is 18.9 Å². The van der Waals surface area contributed by atoms with E-state index in [-0.39, 0.29) is 17.7 Å². The van der Waals surface area contributed by atoms with Crippen LogP contribution in [0, 0.1) is 5.41 Å². The van der Waals surface area contributed by atoms with Gasteiger partial charge in [0.2, 0.25) is 0 Å². The van der Waals surface area contributed by atoms with E-state index >= 15 is 0 Å². The highest BCUT2D eigenvalue weighted by Gasteiger charge is 2.51. The van der Waals surface area contributed by atoms with Crippen LogP contribution >= 0.6 is 0 Å². The molecule has 168 valence electrons. The van der Waals surface area contributed by atoms with Gasteiger partial charge in [-0.25, -0.2) is 0 Å². The fourth-order valence-corrected chi connectivity index (χ4v) is 3.46. The van der Waals surface area contributed by atoms with Gasteiger partial charge >= 0.3 is 18.1 Å². The summed E-state index contributed by atoms with van der Waals surface area (Å²) in [6.07, 6.45) is -4.73. The summed E-state index contributed by atoms with van der Waals surface area (Å²) in [5, 5.41) is 0. The molecule has 0 spiro atoms. The van der Waals surface area contributed by atoms with Crippen molar-refractivity contribution in [2.75, 3.05) is 27.1 Å². The quantitative estimate of drug-likeness (QED) is 0.399. The lowest BCUT2D eigenvalue weighted by Gasteiger charge is -2.33. The summed E-state index contributed by atoms with van der Waals surface area (Å²) in [4.78, 5) is 25.4. The second-order valence-corrected chi connectivity index (χ2v) is 7.13. The van der Waals surface area contributed by atoms with Gasteiger partial charge in [0, 0.05) is 11.6 Å². The lowest BCUT2D eigenvalue weighted by Crippen LogP contribution is -2.44. The highest BCUT2D eigenvalue weighted by molar-refractivity contribution is 6.00. The summed E-state index contributed by atoms with van der Waals surface area (Å²) < 4.78 is 54.6. The molecule has 0 fully saturated rings. The van der Waals surface area contributed by atoms with Gasteiger partial charge in [-0.05, 0) is 54.8 Å². The van der Waals surface area contributed by atoms with Gasteiger partial charge in [-0.3, -0.25) is 9.59 Å². The number of esters is 2. The van der Waals surface area contributed by atoms with Crippen molar-refractivity contribution in [3.05, 3.63) is 59.2 Å². The summed E-state index contributed by atoms with van der Waals surface area (Å²) in [5.41, 5.74) is 3.94. The van der Waals surface area contributed by atoms with Crippen LogP contribution in [0.3, 0.4) is 0 Å². The third-order valence-corrected chi connectivity index (χ3v) is 5.33. The molecule has 0 saturated carbocycles. The van der Waals surface area contributed by atoms with Crippen molar-refractivity contribution in [2.24, 2.45) is 5.41 Å². The molecule has 0 heterocycles. The Bertz CT molecular complexity index is 925. The maximum absolute atomic E-state index is 13.2. The number of ether oxygens (including phenoxy) is 3. The molecule has 0 aliphatic heterocycles. The molecule has 2 aromatic rings. The van der Waals surface area contributed by atoms with Crippen LogP contribution in [0.15, 0.2) is 42.5 Å². The molecule has 1 atom stereocenters. The Balaban J connectivity index is 2.67. The van der Waals surface area contributed by atoms with E-state index in [9.17, 15) is 22.8 Å². The van der Waals surface area contributed by atoms with Gasteiger partial charge in [0.05, 0.1) is 26.9 Å². The molecule has 31 heavy (non-hydrogen) atoms. The van der Waals surface area contributed by atoms with E-state index in [4.69, 9.17) is 19.9 Å². The van der Waals surface area contributed by atoms with Crippen molar-refractivity contribution in [2.45, 2.75) is 25.4 Å². The summed E-state index contributed by atoms with van der Waals surface area (Å²) in [7, 11) is 3.71. The number of methoxy groups -OCH3 is 3. The summed E-state index contributed by atoms with van der Waals surface area (Å²) >= 11 is 0. The third kappa shape index (κ3) is 4.92. The fraction of sp³-hybridized carbons (Fsp3) is 0.364. The first-order valence-corrected chi connectivity index (χ1v) is 9.25. The number of carbonyl (C=O) groups is 2. The van der Waals surface area contributed by atoms with Crippen LogP contribution in [0.1, 0.15) is 29.5 Å². The van der Waals surface area contributed by atoms with Gasteiger partial charge in [0.15, 0.2) is 5.41 Å². The first kappa shape index (κ1) is 24.0. The van der Waals surface area contributed by atoms with E-state index < -0.39 is 35.0 Å². The number of halogens is 3. The fourth-order valence-electron chi connectivity index (χ4n) is 3.46. The molecular weight excluding hydrogens is 415 g/mol. The Morgan fingerprint density at radius 2 is 1.52 bits per heavy atom. The number of hydrogen-bond acceptors (Lipinski definition) is 6. The third-order valence-electron chi connectivity index (χ3n) is 5.33. The summed E-state index contributed by atoms with van der Waals surface area (Å²) in [6.45, 7) is 1.34. The van der Waals surface area contributed by atoms with Gasteiger partial charge in [-0.15, -0.1) is 0 Å². The highest BCUT2D eigenvalue weighted by Crippen LogP contribution is 2.43. The topological polar surface area (TPSA) is 87.9 Å². The van der Waals surface area contributed by atoms with Crippen LogP contribution in [-0.2, 0) is 31.7 Å². The highest BCUT2D eigenvalue weighted by atomic mass is 19.4. The van der Waals surface area contributed by atoms with Crippen molar-refractivity contribution >= 4 is 17.6 Å². The number of benzene rings is 2. The molecule has 2 rings (SSSR count). The summed E-state index contributed by atoms with van der Waals surface area (Å²) in [5.74, 6) is -2.18. The average Bonchev–Trinajstić information content (AvgIpc) is 2.76. The van der Waals surface area contributed by atoms with Gasteiger partial charge < -0.3 is 19.9 Å². The largest absolute Gasteiger partial charge is 0.497 e. The van der Waals surface area contributed by atoms with E-state index in [1.165, 1.54) is 14.0 Å². The van der Waals surface area contributed by atoms with Crippen LogP contribution in [0.25, 0.3) is 0 Å². The minimum Gasteiger partial charge on any atom is -0.497 e. The molecule has 6 nitrogen and oxygen atoms in total. The number of nitrogen functional groups attached to an aromatic ring is 1. The van der Waals surface area contributed by atoms with Crippen LogP contribution in [-0.4, -0.2) is 33.3 Å². The normalized spacial score (nSPS) is 12.7. The zero-order valence-corrected chi connectivity index (χ0v) is 17.6. The Morgan fingerprint density at radius 1 is 0.968 bits per heavy atom. The molecular formula is C22H24F3NO5. The molecule has 0 aliphatic rings. The lowest BCUT2D eigenvalue weighted by atomic mass is 9.70. The van der Waals surface area contributed by atoms with E-state index in [1.807, 2.05) is 0 Å². The monoisotopic (exact) mass is 439 g/mol. The molecule has 0 bridgehead atoms. The van der Waals surface area contributed by atoms with Crippen molar-refractivity contribution < 1.29 is 37.0 Å². The Hall–Kier alpha value is -3.23. The number of rotatable bonds is 7. The molecule has 1 unspecified atom stereocenters. The van der Waals surface area contributed by atoms with E-state index in [0.717, 1.165) is 32.4 Å². The number of carbonyl (C=O) groups excluding carboxylic acids is 2. The van der Waals surface area contributed by atoms with Crippen LogP contribution < -0.4 is 10.5 Å².